The van der Waals surface area contributed by atoms with Crippen molar-refractivity contribution in [2.45, 2.75) is 26.7 Å². The number of ether oxygens (including phenoxy) is 2. The van der Waals surface area contributed by atoms with Crippen LogP contribution in [-0.4, -0.2) is 50.3 Å². The Kier molecular flexibility index (Phi) is 7.00. The highest BCUT2D eigenvalue weighted by Crippen LogP contribution is 2.32. The zero-order valence-corrected chi connectivity index (χ0v) is 14.2. The second-order valence-electron chi connectivity index (χ2n) is 5.54. The van der Waals surface area contributed by atoms with Crippen molar-refractivity contribution in [1.82, 2.24) is 4.90 Å². The molecule has 0 spiro atoms. The highest BCUT2D eigenvalue weighted by atomic mass is 16.5. The molecular formula is C17H28N4O2. The Labute approximate surface area is 138 Å². The molecule has 1 aliphatic heterocycles. The third-order valence-corrected chi connectivity index (χ3v) is 3.71. The lowest BCUT2D eigenvalue weighted by molar-refractivity contribution is 0.297. The fourth-order valence-corrected chi connectivity index (χ4v) is 2.48. The fraction of sp³-hybridized carbons (Fsp3) is 0.588. The number of rotatable bonds is 7. The normalized spacial score (nSPS) is 14.7. The molecular weight excluding hydrogens is 292 g/mol. The first-order valence-electron chi connectivity index (χ1n) is 8.42. The number of hydrogen-bond acceptors (Lipinski definition) is 4. The van der Waals surface area contributed by atoms with E-state index in [2.05, 4.69) is 29.1 Å². The lowest BCUT2D eigenvalue weighted by Gasteiger charge is -2.18. The van der Waals surface area contributed by atoms with Crippen molar-refractivity contribution in [3.8, 4) is 11.5 Å². The molecule has 128 valence electrons. The topological polar surface area (TPSA) is 72.1 Å². The van der Waals surface area contributed by atoms with Crippen LogP contribution in [0, 0.1) is 0 Å². The molecule has 0 amide bonds. The van der Waals surface area contributed by atoms with Crippen LogP contribution in [0.15, 0.2) is 23.2 Å². The number of nitrogens with zero attached hydrogens (tertiary/aromatic N) is 2. The van der Waals surface area contributed by atoms with E-state index in [-0.39, 0.29) is 0 Å². The van der Waals surface area contributed by atoms with Gasteiger partial charge in [0.1, 0.15) is 0 Å². The maximum absolute atomic E-state index is 5.96. The molecule has 23 heavy (non-hydrogen) atoms. The van der Waals surface area contributed by atoms with Gasteiger partial charge in [-0.2, -0.15) is 0 Å². The van der Waals surface area contributed by atoms with Gasteiger partial charge in [-0.3, -0.25) is 4.99 Å². The molecule has 1 heterocycles. The molecule has 0 radical (unpaired) electrons. The zero-order chi connectivity index (χ0) is 16.5. The number of benzene rings is 1. The lowest BCUT2D eigenvalue weighted by atomic mass is 10.3. The van der Waals surface area contributed by atoms with E-state index in [0.717, 1.165) is 49.7 Å². The molecule has 0 aromatic heterocycles. The second-order valence-corrected chi connectivity index (χ2v) is 5.54. The number of fused-ring (bicyclic) bond motifs is 1. The monoisotopic (exact) mass is 320 g/mol. The molecule has 6 heteroatoms. The van der Waals surface area contributed by atoms with E-state index in [0.29, 0.717) is 25.7 Å². The molecule has 6 nitrogen and oxygen atoms in total. The molecule has 0 atom stereocenters. The lowest BCUT2D eigenvalue weighted by Crippen LogP contribution is -2.29. The van der Waals surface area contributed by atoms with Crippen LogP contribution in [0.3, 0.4) is 0 Å². The maximum Gasteiger partial charge on any atom is 0.193 e. The second kappa shape index (κ2) is 9.25. The summed E-state index contributed by atoms with van der Waals surface area (Å²) >= 11 is 0. The highest BCUT2D eigenvalue weighted by Gasteiger charge is 2.10. The van der Waals surface area contributed by atoms with Gasteiger partial charge in [0.15, 0.2) is 17.5 Å². The summed E-state index contributed by atoms with van der Waals surface area (Å²) in [7, 11) is 0. The van der Waals surface area contributed by atoms with E-state index in [4.69, 9.17) is 15.2 Å². The van der Waals surface area contributed by atoms with E-state index < -0.39 is 0 Å². The first-order valence-corrected chi connectivity index (χ1v) is 8.42. The van der Waals surface area contributed by atoms with Crippen molar-refractivity contribution >= 4 is 11.6 Å². The summed E-state index contributed by atoms with van der Waals surface area (Å²) in [4.78, 5) is 6.76. The summed E-state index contributed by atoms with van der Waals surface area (Å²) in [6, 6.07) is 5.72. The van der Waals surface area contributed by atoms with Gasteiger partial charge in [-0.25, -0.2) is 0 Å². The number of likely N-dealkylation sites (N-methyl/N-ethyl adjacent to an activating group) is 1. The van der Waals surface area contributed by atoms with Crippen LogP contribution in [0.25, 0.3) is 0 Å². The molecule has 2 rings (SSSR count). The summed E-state index contributed by atoms with van der Waals surface area (Å²) in [6.07, 6.45) is 2.05. The van der Waals surface area contributed by atoms with Crippen molar-refractivity contribution in [2.24, 2.45) is 10.7 Å². The highest BCUT2D eigenvalue weighted by molar-refractivity contribution is 5.92. The van der Waals surface area contributed by atoms with E-state index >= 15 is 0 Å². The molecule has 1 aliphatic rings. The van der Waals surface area contributed by atoms with Gasteiger partial charge in [0.2, 0.25) is 0 Å². The first kappa shape index (κ1) is 17.4. The standard InChI is InChI=1S/C17H28N4O2/c1-3-9-21(4-2)10-8-19-17(18)20-14-6-7-15-16(13-14)23-12-5-11-22-15/h6-7,13H,3-5,8-12H2,1-2H3,(H3,18,19,20). The number of hydrogen-bond donors (Lipinski definition) is 2. The summed E-state index contributed by atoms with van der Waals surface area (Å²) in [5.74, 6) is 1.95. The fourth-order valence-electron chi connectivity index (χ4n) is 2.48. The summed E-state index contributed by atoms with van der Waals surface area (Å²) < 4.78 is 11.3. The van der Waals surface area contributed by atoms with E-state index in [1.54, 1.807) is 0 Å². The Morgan fingerprint density at radius 2 is 2.00 bits per heavy atom. The minimum atomic E-state index is 0.423. The van der Waals surface area contributed by atoms with E-state index in [1.165, 1.54) is 0 Å². The molecule has 0 aliphatic carbocycles. The number of anilines is 1. The Hall–Kier alpha value is -1.95. The van der Waals surface area contributed by atoms with Crippen LogP contribution in [0.5, 0.6) is 11.5 Å². The van der Waals surface area contributed by atoms with Crippen LogP contribution in [0.4, 0.5) is 5.69 Å². The number of nitrogens with two attached hydrogens (primary N) is 1. The summed E-state index contributed by atoms with van der Waals surface area (Å²) in [5.41, 5.74) is 6.82. The number of nitrogens with one attached hydrogen (secondary N) is 1. The van der Waals surface area contributed by atoms with Gasteiger partial charge in [0, 0.05) is 24.7 Å². The van der Waals surface area contributed by atoms with Crippen molar-refractivity contribution in [1.29, 1.82) is 0 Å². The first-order chi connectivity index (χ1) is 11.2. The van der Waals surface area contributed by atoms with Crippen LogP contribution >= 0.6 is 0 Å². The van der Waals surface area contributed by atoms with Crippen LogP contribution in [0.1, 0.15) is 26.7 Å². The Morgan fingerprint density at radius 1 is 1.22 bits per heavy atom. The van der Waals surface area contributed by atoms with Gasteiger partial charge in [-0.15, -0.1) is 0 Å². The average molecular weight is 320 g/mol. The molecule has 0 bridgehead atoms. The zero-order valence-electron chi connectivity index (χ0n) is 14.2. The summed E-state index contributed by atoms with van der Waals surface area (Å²) in [5, 5.41) is 3.11. The van der Waals surface area contributed by atoms with Crippen molar-refractivity contribution in [2.75, 3.05) is 44.7 Å². The Morgan fingerprint density at radius 3 is 2.74 bits per heavy atom. The maximum atomic E-state index is 5.96. The van der Waals surface area contributed by atoms with Gasteiger partial charge in [-0.1, -0.05) is 13.8 Å². The van der Waals surface area contributed by atoms with Gasteiger partial charge in [-0.05, 0) is 31.6 Å². The molecule has 1 aromatic carbocycles. The smallest absolute Gasteiger partial charge is 0.193 e. The van der Waals surface area contributed by atoms with Gasteiger partial charge in [0.05, 0.1) is 19.8 Å². The number of guanidine groups is 1. The van der Waals surface area contributed by atoms with Crippen LogP contribution in [0.2, 0.25) is 0 Å². The third kappa shape index (κ3) is 5.63. The minimum Gasteiger partial charge on any atom is -0.490 e. The van der Waals surface area contributed by atoms with Gasteiger partial charge in [0.25, 0.3) is 0 Å². The minimum absolute atomic E-state index is 0.423. The Bertz CT molecular complexity index is 519. The number of aliphatic imine (C=N–C) groups is 1. The molecule has 3 N–H and O–H groups in total. The van der Waals surface area contributed by atoms with Gasteiger partial charge >= 0.3 is 0 Å². The Balaban J connectivity index is 1.88. The predicted octanol–water partition coefficient (Wildman–Crippen LogP) is 2.31. The van der Waals surface area contributed by atoms with E-state index in [9.17, 15) is 0 Å². The van der Waals surface area contributed by atoms with E-state index in [1.807, 2.05) is 18.2 Å². The predicted molar refractivity (Wildman–Crippen MR) is 94.6 cm³/mol. The van der Waals surface area contributed by atoms with Crippen LogP contribution in [-0.2, 0) is 0 Å². The SMILES string of the molecule is CCCN(CC)CCN=C(N)Nc1ccc2c(c1)OCCCO2. The average Bonchev–Trinajstić information content (AvgIpc) is 2.79. The molecule has 1 aromatic rings. The van der Waals surface area contributed by atoms with Crippen molar-refractivity contribution < 1.29 is 9.47 Å². The quantitative estimate of drug-likeness (QED) is 0.596. The third-order valence-electron chi connectivity index (χ3n) is 3.71. The summed E-state index contributed by atoms with van der Waals surface area (Å²) in [6.45, 7) is 9.47. The van der Waals surface area contributed by atoms with Gasteiger partial charge < -0.3 is 25.4 Å². The van der Waals surface area contributed by atoms with Crippen molar-refractivity contribution in [3.05, 3.63) is 18.2 Å². The molecule has 0 saturated heterocycles. The molecule has 0 unspecified atom stereocenters. The largest absolute Gasteiger partial charge is 0.490 e. The van der Waals surface area contributed by atoms with Crippen LogP contribution < -0.4 is 20.5 Å². The van der Waals surface area contributed by atoms with Crippen molar-refractivity contribution in [3.63, 3.8) is 0 Å². The molecule has 0 saturated carbocycles. The molecule has 0 fully saturated rings.